The van der Waals surface area contributed by atoms with Crippen molar-refractivity contribution in [3.63, 3.8) is 0 Å². The molecule has 3 heterocycles. The minimum atomic E-state index is -4.79. The Morgan fingerprint density at radius 2 is 1.89 bits per heavy atom. The van der Waals surface area contributed by atoms with E-state index in [0.717, 1.165) is 16.8 Å². The molecule has 2 bridgehead atoms. The van der Waals surface area contributed by atoms with Gasteiger partial charge in [-0.25, -0.2) is 10.8 Å². The number of fused-ring (bicyclic) bond motifs is 4. The summed E-state index contributed by atoms with van der Waals surface area (Å²) in [5, 5.41) is 3.99. The molecule has 2 aromatic carbocycles. The summed E-state index contributed by atoms with van der Waals surface area (Å²) in [6.07, 6.45) is -1.07. The van der Waals surface area contributed by atoms with Crippen LogP contribution in [-0.4, -0.2) is 26.6 Å². The molecule has 0 saturated heterocycles. The van der Waals surface area contributed by atoms with E-state index in [1.54, 1.807) is 0 Å². The molecule has 0 spiro atoms. The number of anilines is 2. The van der Waals surface area contributed by atoms with Crippen molar-refractivity contribution in [1.29, 1.82) is 0 Å². The van der Waals surface area contributed by atoms with Crippen LogP contribution in [0.2, 0.25) is 5.02 Å². The molecule has 0 saturated carbocycles. The number of allylic oxidation sites excluding steroid dienone is 1. The van der Waals surface area contributed by atoms with Crippen molar-refractivity contribution >= 4 is 28.9 Å². The Hall–Kier alpha value is -4.68. The highest BCUT2D eigenvalue weighted by Crippen LogP contribution is 2.35. The molecule has 13 heteroatoms. The summed E-state index contributed by atoms with van der Waals surface area (Å²) in [6, 6.07) is 16.5. The smallest absolute Gasteiger partial charge is 0.393 e. The first-order valence-corrected chi connectivity index (χ1v) is 14.5. The van der Waals surface area contributed by atoms with Crippen LogP contribution < -0.4 is 27.5 Å². The maximum Gasteiger partial charge on any atom is 0.432 e. The van der Waals surface area contributed by atoms with Crippen molar-refractivity contribution in [2.45, 2.75) is 45.3 Å². The zero-order valence-electron chi connectivity index (χ0n) is 24.5. The van der Waals surface area contributed by atoms with Gasteiger partial charge in [-0.1, -0.05) is 43.1 Å². The Morgan fingerprint density at radius 3 is 2.62 bits per heavy atom. The van der Waals surface area contributed by atoms with E-state index in [9.17, 15) is 22.8 Å². The second kappa shape index (κ2) is 12.7. The zero-order valence-corrected chi connectivity index (χ0v) is 25.2. The molecule has 0 radical (unpaired) electrons. The van der Waals surface area contributed by atoms with Crippen LogP contribution in [0.15, 0.2) is 83.7 Å². The van der Waals surface area contributed by atoms with Crippen molar-refractivity contribution < 1.29 is 18.0 Å². The molecule has 4 aromatic rings. The average Bonchev–Trinajstić information content (AvgIpc) is 2.99. The van der Waals surface area contributed by atoms with Gasteiger partial charge in [-0.3, -0.25) is 24.1 Å². The fourth-order valence-electron chi connectivity index (χ4n) is 5.26. The highest BCUT2D eigenvalue weighted by Gasteiger charge is 2.32. The number of halogens is 4. The van der Waals surface area contributed by atoms with E-state index >= 15 is 0 Å². The first-order valence-electron chi connectivity index (χ1n) is 14.2. The zero-order chi connectivity index (χ0) is 32.5. The second-order valence-corrected chi connectivity index (χ2v) is 11.4. The Balaban J connectivity index is 1.58. The van der Waals surface area contributed by atoms with Crippen LogP contribution in [-0.2, 0) is 4.79 Å². The molecule has 45 heavy (non-hydrogen) atoms. The third-order valence-corrected chi connectivity index (χ3v) is 7.92. The number of nitrogens with one attached hydrogen (secondary N) is 1. The molecule has 234 valence electrons. The lowest BCUT2D eigenvalue weighted by Crippen LogP contribution is -2.30. The number of benzene rings is 2. The van der Waals surface area contributed by atoms with Gasteiger partial charge in [0.1, 0.15) is 5.70 Å². The molecule has 2 aromatic heterocycles. The van der Waals surface area contributed by atoms with Gasteiger partial charge in [0, 0.05) is 40.0 Å². The molecule has 1 amide bonds. The number of rotatable bonds is 4. The largest absolute Gasteiger partial charge is 0.432 e. The molecule has 2 atom stereocenters. The molecule has 2 unspecified atom stereocenters. The fraction of sp³-hybridized carbons (Fsp3) is 0.250. The standard InChI is InChI=1S/C32H31ClF3N7O2/c1-18-5-3-8-26(20-6-4-7-21(13-20)30-24(41-31(18)45)11-9-19(2)40-30)42-17-39-25(15-29(42)44)23-14-22(33)10-12-27(23)43(38)16-28(37)32(34,35)36/h4,6-7,9-18,26H,3,5,8,37-38H2,1-2H3,(H,41,45)/b28-16-. The van der Waals surface area contributed by atoms with Crippen LogP contribution in [0.1, 0.15) is 43.5 Å². The number of hydrogen-bond acceptors (Lipinski definition) is 7. The molecular formula is C32H31ClF3N7O2. The van der Waals surface area contributed by atoms with Crippen molar-refractivity contribution in [3.05, 3.63) is 106 Å². The fourth-order valence-corrected chi connectivity index (χ4v) is 5.44. The van der Waals surface area contributed by atoms with Gasteiger partial charge < -0.3 is 11.1 Å². The van der Waals surface area contributed by atoms with Crippen molar-refractivity contribution in [2.24, 2.45) is 17.5 Å². The quantitative estimate of drug-likeness (QED) is 0.176. The van der Waals surface area contributed by atoms with E-state index in [1.807, 2.05) is 50.2 Å². The Bertz CT molecular complexity index is 1840. The van der Waals surface area contributed by atoms with Crippen molar-refractivity contribution in [2.75, 3.05) is 10.3 Å². The van der Waals surface area contributed by atoms with E-state index in [1.165, 1.54) is 35.2 Å². The van der Waals surface area contributed by atoms with Gasteiger partial charge in [0.2, 0.25) is 5.91 Å². The van der Waals surface area contributed by atoms with Crippen LogP contribution in [0.4, 0.5) is 24.5 Å². The molecule has 1 aliphatic heterocycles. The Labute approximate surface area is 262 Å². The number of hydrazine groups is 1. The first kappa shape index (κ1) is 31.7. The average molecular weight is 638 g/mol. The molecule has 0 aliphatic carbocycles. The minimum absolute atomic E-state index is 0.101. The number of aromatic nitrogens is 3. The summed E-state index contributed by atoms with van der Waals surface area (Å²) in [5.41, 5.74) is 7.50. The maximum absolute atomic E-state index is 13.7. The van der Waals surface area contributed by atoms with Crippen LogP contribution >= 0.6 is 11.6 Å². The summed E-state index contributed by atoms with van der Waals surface area (Å²) in [6.45, 7) is 3.73. The van der Waals surface area contributed by atoms with Gasteiger partial charge in [-0.15, -0.1) is 0 Å². The summed E-state index contributed by atoms with van der Waals surface area (Å²) in [4.78, 5) is 35.9. The van der Waals surface area contributed by atoms with E-state index in [0.29, 0.717) is 41.9 Å². The number of carbonyl (C=O) groups excluding carboxylic acids is 1. The molecule has 1 aliphatic rings. The second-order valence-electron chi connectivity index (χ2n) is 11.0. The van der Waals surface area contributed by atoms with Crippen molar-refractivity contribution in [3.8, 4) is 22.5 Å². The number of nitrogens with two attached hydrogens (primary N) is 2. The lowest BCUT2D eigenvalue weighted by Gasteiger charge is -2.24. The molecule has 5 rings (SSSR count). The van der Waals surface area contributed by atoms with Gasteiger partial charge in [0.25, 0.3) is 5.56 Å². The normalized spacial score (nSPS) is 17.5. The number of hydrogen-bond donors (Lipinski definition) is 3. The van der Waals surface area contributed by atoms with Crippen LogP contribution in [0, 0.1) is 12.8 Å². The number of amides is 1. The summed E-state index contributed by atoms with van der Waals surface area (Å²) in [7, 11) is 0. The van der Waals surface area contributed by atoms with Gasteiger partial charge in [0.15, 0.2) is 0 Å². The van der Waals surface area contributed by atoms with Gasteiger partial charge in [-0.2, -0.15) is 13.2 Å². The number of pyridine rings is 1. The third kappa shape index (κ3) is 7.02. The van der Waals surface area contributed by atoms with Crippen molar-refractivity contribution in [1.82, 2.24) is 14.5 Å². The Kier molecular flexibility index (Phi) is 8.98. The predicted molar refractivity (Wildman–Crippen MR) is 168 cm³/mol. The lowest BCUT2D eigenvalue weighted by atomic mass is 9.94. The SMILES string of the molecule is Cc1ccc2c(n1)-c1cccc(c1)C(n1cnc(-c3cc(Cl)ccc3N(N)/C=C(\N)C(F)(F)F)cc1=O)CCCC(C)C(=O)N2. The minimum Gasteiger partial charge on any atom is -0.393 e. The summed E-state index contributed by atoms with van der Waals surface area (Å²) in [5.74, 6) is 5.54. The predicted octanol–water partition coefficient (Wildman–Crippen LogP) is 6.32. The maximum atomic E-state index is 13.7. The topological polar surface area (TPSA) is 132 Å². The van der Waals surface area contributed by atoms with E-state index in [-0.39, 0.29) is 33.8 Å². The highest BCUT2D eigenvalue weighted by atomic mass is 35.5. The monoisotopic (exact) mass is 637 g/mol. The molecule has 5 N–H and O–H groups in total. The number of aryl methyl sites for hydroxylation is 1. The number of carbonyl (C=O) groups is 1. The lowest BCUT2D eigenvalue weighted by molar-refractivity contribution is -0.119. The number of nitrogens with zero attached hydrogens (tertiary/aromatic N) is 4. The van der Waals surface area contributed by atoms with E-state index in [4.69, 9.17) is 28.2 Å². The Morgan fingerprint density at radius 1 is 1.11 bits per heavy atom. The van der Waals surface area contributed by atoms with Gasteiger partial charge in [0.05, 0.1) is 35.1 Å². The van der Waals surface area contributed by atoms with E-state index < -0.39 is 23.5 Å². The van der Waals surface area contributed by atoms with Crippen LogP contribution in [0.3, 0.4) is 0 Å². The summed E-state index contributed by atoms with van der Waals surface area (Å²) < 4.78 is 40.7. The third-order valence-electron chi connectivity index (χ3n) is 7.69. The first-order chi connectivity index (χ1) is 21.3. The summed E-state index contributed by atoms with van der Waals surface area (Å²) >= 11 is 6.21. The van der Waals surface area contributed by atoms with Crippen LogP contribution in [0.25, 0.3) is 22.5 Å². The molecular weight excluding hydrogens is 607 g/mol. The molecule has 0 fully saturated rings. The molecule has 9 nitrogen and oxygen atoms in total. The highest BCUT2D eigenvalue weighted by molar-refractivity contribution is 6.31. The van der Waals surface area contributed by atoms with Gasteiger partial charge in [-0.05, 0) is 61.7 Å². The number of alkyl halides is 3. The van der Waals surface area contributed by atoms with Crippen LogP contribution in [0.5, 0.6) is 0 Å². The van der Waals surface area contributed by atoms with Gasteiger partial charge >= 0.3 is 6.18 Å². The van der Waals surface area contributed by atoms with E-state index in [2.05, 4.69) is 10.3 Å².